The van der Waals surface area contributed by atoms with E-state index in [1.807, 2.05) is 6.07 Å². The fourth-order valence-electron chi connectivity index (χ4n) is 7.04. The lowest BCUT2D eigenvalue weighted by Crippen LogP contribution is -2.49. The Labute approximate surface area is 291 Å². The number of halogens is 2. The molecule has 48 heavy (non-hydrogen) atoms. The van der Waals surface area contributed by atoms with Crippen molar-refractivity contribution in [2.75, 3.05) is 5.73 Å². The van der Waals surface area contributed by atoms with Crippen molar-refractivity contribution < 1.29 is 19.4 Å². The Morgan fingerprint density at radius 1 is 0.979 bits per heavy atom. The zero-order valence-corrected chi connectivity index (χ0v) is 30.3. The van der Waals surface area contributed by atoms with Gasteiger partial charge in [0.15, 0.2) is 11.8 Å². The number of aliphatic hydroxyl groups excluding tert-OH is 1. The van der Waals surface area contributed by atoms with Crippen LogP contribution in [0.2, 0.25) is 10.2 Å². The number of hydrogen-bond donors (Lipinski definition) is 2. The number of para-hydroxylation sites is 1. The first-order chi connectivity index (χ1) is 22.4. The highest BCUT2D eigenvalue weighted by Gasteiger charge is 2.48. The number of aliphatic hydroxyl groups is 1. The summed E-state index contributed by atoms with van der Waals surface area (Å²) in [4.78, 5) is 33.3. The molecule has 0 amide bonds. The molecule has 2 aromatic carbocycles. The number of nitrogens with two attached hydrogens (primary N) is 1. The van der Waals surface area contributed by atoms with Crippen LogP contribution in [0.4, 0.5) is 5.82 Å². The van der Waals surface area contributed by atoms with E-state index in [1.54, 1.807) is 55.5 Å². The largest absolute Gasteiger partial charge is 0.507 e. The van der Waals surface area contributed by atoms with Crippen molar-refractivity contribution in [1.29, 1.82) is 0 Å². The molecule has 1 fully saturated rings. The topological polar surface area (TPSA) is 116 Å². The molecule has 0 saturated heterocycles. The number of benzene rings is 2. The number of carbonyl (C=O) groups is 1. The number of carbonyl (C=O) groups excluding carboxylic acids is 1. The molecule has 1 aliphatic rings. The maximum absolute atomic E-state index is 14.6. The molecule has 256 valence electrons. The van der Waals surface area contributed by atoms with E-state index in [0.29, 0.717) is 22.3 Å². The molecule has 1 saturated carbocycles. The minimum Gasteiger partial charge on any atom is -0.507 e. The van der Waals surface area contributed by atoms with Gasteiger partial charge in [0.1, 0.15) is 39.4 Å². The number of nitrogen functional groups attached to an aromatic ring is 1. The third-order valence-electron chi connectivity index (χ3n) is 9.60. The van der Waals surface area contributed by atoms with Gasteiger partial charge in [0.05, 0.1) is 0 Å². The zero-order valence-electron chi connectivity index (χ0n) is 28.8. The van der Waals surface area contributed by atoms with Gasteiger partial charge in [0.2, 0.25) is 0 Å². The highest BCUT2D eigenvalue weighted by molar-refractivity contribution is 6.34. The first-order valence-electron chi connectivity index (χ1n) is 16.3. The van der Waals surface area contributed by atoms with Gasteiger partial charge in [-0.2, -0.15) is 0 Å². The number of nitrogens with zero attached hydrogens (tertiary/aromatic N) is 2. The Kier molecular flexibility index (Phi) is 9.84. The first kappa shape index (κ1) is 35.6. The second-order valence-electron chi connectivity index (χ2n) is 15.2. The van der Waals surface area contributed by atoms with E-state index in [4.69, 9.17) is 38.4 Å². The maximum Gasteiger partial charge on any atom is 0.342 e. The van der Waals surface area contributed by atoms with Gasteiger partial charge < -0.3 is 20.3 Å². The Bertz CT molecular complexity index is 1900. The molecule has 3 atom stereocenters. The van der Waals surface area contributed by atoms with Crippen molar-refractivity contribution in [2.45, 2.75) is 80.4 Å². The van der Waals surface area contributed by atoms with E-state index in [-0.39, 0.29) is 55.6 Å². The highest BCUT2D eigenvalue weighted by atomic mass is 35.5. The minimum absolute atomic E-state index is 0.0182. The molecule has 1 aliphatic carbocycles. The molecule has 8 nitrogen and oxygen atoms in total. The van der Waals surface area contributed by atoms with Crippen molar-refractivity contribution in [3.8, 4) is 16.9 Å². The van der Waals surface area contributed by atoms with E-state index in [0.717, 1.165) is 17.2 Å². The summed E-state index contributed by atoms with van der Waals surface area (Å²) >= 11 is 13.2. The van der Waals surface area contributed by atoms with Crippen LogP contribution in [0.5, 0.6) is 5.75 Å². The van der Waals surface area contributed by atoms with Crippen LogP contribution in [-0.4, -0.2) is 32.7 Å². The molecule has 2 heterocycles. The summed E-state index contributed by atoms with van der Waals surface area (Å²) in [6.07, 6.45) is 0.464. The molecule has 0 aliphatic heterocycles. The van der Waals surface area contributed by atoms with Crippen LogP contribution in [0.3, 0.4) is 0 Å². The van der Waals surface area contributed by atoms with Crippen molar-refractivity contribution in [1.82, 2.24) is 9.38 Å². The number of fused-ring (bicyclic) bond motifs is 1. The van der Waals surface area contributed by atoms with Gasteiger partial charge in [-0.15, -0.1) is 0 Å². The fraction of sp³-hybridized carbons (Fsp3) is 0.447. The van der Waals surface area contributed by atoms with Gasteiger partial charge in [-0.1, -0.05) is 102 Å². The van der Waals surface area contributed by atoms with Crippen LogP contribution in [-0.2, 0) is 4.74 Å². The van der Waals surface area contributed by atoms with Crippen LogP contribution in [0.15, 0.2) is 59.4 Å². The Hall–Kier alpha value is -3.75. The summed E-state index contributed by atoms with van der Waals surface area (Å²) in [6.45, 7) is 16.9. The van der Waals surface area contributed by atoms with E-state index >= 15 is 0 Å². The number of aromatic nitrogens is 2. The fourth-order valence-corrected chi connectivity index (χ4v) is 7.53. The molecule has 5 rings (SSSR count). The molecular formula is C38H45Cl2N3O5. The first-order valence-corrected chi connectivity index (χ1v) is 17.1. The van der Waals surface area contributed by atoms with Crippen molar-refractivity contribution in [2.24, 2.45) is 28.6 Å². The van der Waals surface area contributed by atoms with Crippen LogP contribution in [0.1, 0.15) is 78.6 Å². The summed E-state index contributed by atoms with van der Waals surface area (Å²) < 4.78 is 13.5. The third kappa shape index (κ3) is 6.88. The van der Waals surface area contributed by atoms with E-state index in [9.17, 15) is 14.7 Å². The van der Waals surface area contributed by atoms with Crippen LogP contribution < -0.4 is 21.2 Å². The number of hydrogen-bond acceptors (Lipinski definition) is 7. The van der Waals surface area contributed by atoms with Gasteiger partial charge in [-0.3, -0.25) is 4.79 Å². The lowest BCUT2D eigenvalue weighted by Gasteiger charge is -2.50. The standard InChI is InChI=1S/C38H45Cl2N3O5/c1-20-18-25(37(3,4)5)31(26(19-20)38(6,7)8)48-36(46)28-27(22-14-16-23(39)17-15-22)32(40)43-34(28)42-33(41)29(35(43)45)30(44)21(2)47-24-12-10-9-11-13-24/h9-17,20-21,25-26,31,44H,18-19H2,1-8H3,(H2,41,42). The van der Waals surface area contributed by atoms with Gasteiger partial charge in [-0.05, 0) is 66.3 Å². The Balaban J connectivity index is 1.72. The Morgan fingerprint density at radius 3 is 2.08 bits per heavy atom. The molecular weight excluding hydrogens is 649 g/mol. The summed E-state index contributed by atoms with van der Waals surface area (Å²) in [7, 11) is 0. The lowest BCUT2D eigenvalue weighted by molar-refractivity contribution is -0.0922. The number of esters is 1. The van der Waals surface area contributed by atoms with Gasteiger partial charge in [-0.25, -0.2) is 14.2 Å². The summed E-state index contributed by atoms with van der Waals surface area (Å²) in [5.74, 6) is -0.237. The lowest BCUT2D eigenvalue weighted by atomic mass is 9.59. The van der Waals surface area contributed by atoms with Gasteiger partial charge >= 0.3 is 5.97 Å². The average Bonchev–Trinajstić information content (AvgIpc) is 3.29. The van der Waals surface area contributed by atoms with Gasteiger partial charge in [0, 0.05) is 22.4 Å². The Morgan fingerprint density at radius 2 is 1.54 bits per heavy atom. The van der Waals surface area contributed by atoms with Crippen molar-refractivity contribution in [3.63, 3.8) is 0 Å². The SMILES string of the molecule is CC1CC(C(C)(C)C)C(OC(=O)c2c(-c3ccc(Cl)cc3)c(Cl)n3c(=O)c(=C(O)C(C)Oc4ccccc4)c(N)nc23)C(C(C)(C)C)C1. The molecule has 2 aromatic heterocycles. The predicted octanol–water partition coefficient (Wildman–Crippen LogP) is 8.38. The predicted molar refractivity (Wildman–Crippen MR) is 193 cm³/mol. The van der Waals surface area contributed by atoms with Crippen molar-refractivity contribution >= 4 is 46.4 Å². The van der Waals surface area contributed by atoms with Crippen LogP contribution in [0.25, 0.3) is 22.5 Å². The van der Waals surface area contributed by atoms with Crippen LogP contribution >= 0.6 is 23.2 Å². The third-order valence-corrected chi connectivity index (χ3v) is 10.2. The summed E-state index contributed by atoms with van der Waals surface area (Å²) in [5, 5.41) is 11.4. The van der Waals surface area contributed by atoms with Gasteiger partial charge in [0.25, 0.3) is 5.56 Å². The summed E-state index contributed by atoms with van der Waals surface area (Å²) in [6, 6.07) is 15.7. The second kappa shape index (κ2) is 13.3. The second-order valence-corrected chi connectivity index (χ2v) is 16.0. The zero-order chi connectivity index (χ0) is 35.3. The molecule has 0 spiro atoms. The monoisotopic (exact) mass is 693 g/mol. The van der Waals surface area contributed by atoms with E-state index < -0.39 is 29.5 Å². The molecule has 4 aromatic rings. The maximum atomic E-state index is 14.6. The molecule has 0 bridgehead atoms. The smallest absolute Gasteiger partial charge is 0.342 e. The van der Waals surface area contributed by atoms with E-state index in [2.05, 4.69) is 53.5 Å². The normalized spacial score (nSPS) is 21.5. The van der Waals surface area contributed by atoms with Crippen LogP contribution in [0, 0.1) is 28.6 Å². The molecule has 10 heteroatoms. The summed E-state index contributed by atoms with van der Waals surface area (Å²) in [5.41, 5.74) is 6.11. The molecule has 0 radical (unpaired) electrons. The number of anilines is 1. The number of ether oxygens (including phenoxy) is 2. The number of rotatable bonds is 6. The quantitative estimate of drug-likeness (QED) is 0.195. The van der Waals surface area contributed by atoms with Crippen molar-refractivity contribution in [3.05, 3.63) is 85.9 Å². The molecule has 3 N–H and O–H groups in total. The van der Waals surface area contributed by atoms with E-state index in [1.165, 1.54) is 0 Å². The minimum atomic E-state index is -0.950. The molecule has 3 unspecified atom stereocenters. The average molecular weight is 695 g/mol. The highest BCUT2D eigenvalue weighted by Crippen LogP contribution is 2.50.